The molecule has 1 saturated heterocycles. The van der Waals surface area contributed by atoms with E-state index in [0.29, 0.717) is 26.4 Å². The molecule has 3 rings (SSSR count). The highest BCUT2D eigenvalue weighted by atomic mass is 16.6. The Morgan fingerprint density at radius 3 is 2.91 bits per heavy atom. The summed E-state index contributed by atoms with van der Waals surface area (Å²) in [5.74, 6) is 0. The van der Waals surface area contributed by atoms with Crippen LogP contribution in [0.1, 0.15) is 5.56 Å². The van der Waals surface area contributed by atoms with E-state index in [2.05, 4.69) is 20.8 Å². The van der Waals surface area contributed by atoms with Crippen LogP contribution in [0.15, 0.2) is 30.9 Å². The third kappa shape index (κ3) is 4.05. The molecule has 2 heterocycles. The molecule has 0 spiro atoms. The van der Waals surface area contributed by atoms with Gasteiger partial charge in [0.1, 0.15) is 12.7 Å². The zero-order valence-corrected chi connectivity index (χ0v) is 12.9. The number of nitrogens with zero attached hydrogens (tertiary/aromatic N) is 3. The smallest absolute Gasteiger partial charge is 0.319 e. The predicted octanol–water partition coefficient (Wildman–Crippen LogP) is 1.11. The van der Waals surface area contributed by atoms with Crippen LogP contribution in [0.5, 0.6) is 0 Å². The molecular weight excluding hydrogens is 298 g/mol. The van der Waals surface area contributed by atoms with Crippen LogP contribution < -0.4 is 10.6 Å². The summed E-state index contributed by atoms with van der Waals surface area (Å²) in [5, 5.41) is 13.2. The van der Waals surface area contributed by atoms with Gasteiger partial charge in [0.05, 0.1) is 31.6 Å². The molecule has 1 aromatic heterocycles. The second-order valence-corrected chi connectivity index (χ2v) is 5.27. The van der Waals surface area contributed by atoms with Crippen molar-refractivity contribution in [3.63, 3.8) is 0 Å². The lowest BCUT2D eigenvalue weighted by Gasteiger charge is -2.23. The van der Waals surface area contributed by atoms with Gasteiger partial charge in [0.15, 0.2) is 0 Å². The van der Waals surface area contributed by atoms with Gasteiger partial charge < -0.3 is 20.1 Å². The molecule has 2 N–H and O–H groups in total. The monoisotopic (exact) mass is 317 g/mol. The van der Waals surface area contributed by atoms with Gasteiger partial charge in [-0.1, -0.05) is 6.07 Å². The van der Waals surface area contributed by atoms with Crippen molar-refractivity contribution in [2.45, 2.75) is 13.0 Å². The molecule has 1 aliphatic rings. The van der Waals surface area contributed by atoms with Gasteiger partial charge >= 0.3 is 6.03 Å². The van der Waals surface area contributed by atoms with Crippen molar-refractivity contribution >= 4 is 11.7 Å². The lowest BCUT2D eigenvalue weighted by atomic mass is 10.2. The molecule has 23 heavy (non-hydrogen) atoms. The maximum Gasteiger partial charge on any atom is 0.319 e. The molecule has 0 aliphatic carbocycles. The summed E-state index contributed by atoms with van der Waals surface area (Å²) in [6, 6.07) is 5.47. The van der Waals surface area contributed by atoms with Crippen LogP contribution in [0, 0.1) is 6.92 Å². The Balaban J connectivity index is 1.60. The summed E-state index contributed by atoms with van der Waals surface area (Å²) in [4.78, 5) is 12.1. The maximum absolute atomic E-state index is 12.1. The lowest BCUT2D eigenvalue weighted by Crippen LogP contribution is -2.41. The molecule has 1 aromatic carbocycles. The standard InChI is InChI=1S/C15H19N5O3/c1-11-2-3-12(20-9-17-18-10-20)6-14(11)19-15(21)16-7-13-8-22-4-5-23-13/h2-3,6,9-10,13H,4-5,7-8H2,1H3,(H2,16,19,21)/t13-/m0/s1. The summed E-state index contributed by atoms with van der Waals surface area (Å²) >= 11 is 0. The number of anilines is 1. The molecule has 0 saturated carbocycles. The minimum absolute atomic E-state index is 0.0982. The fourth-order valence-corrected chi connectivity index (χ4v) is 2.27. The van der Waals surface area contributed by atoms with E-state index in [-0.39, 0.29) is 12.1 Å². The number of aromatic nitrogens is 3. The first kappa shape index (κ1) is 15.4. The number of rotatable bonds is 4. The van der Waals surface area contributed by atoms with E-state index in [1.165, 1.54) is 0 Å². The molecule has 1 aliphatic heterocycles. The number of aryl methyl sites for hydroxylation is 1. The van der Waals surface area contributed by atoms with Gasteiger partial charge in [0.2, 0.25) is 0 Å². The number of benzene rings is 1. The van der Waals surface area contributed by atoms with Gasteiger partial charge in [-0.15, -0.1) is 10.2 Å². The summed E-state index contributed by atoms with van der Waals surface area (Å²) in [6.07, 6.45) is 3.11. The fraction of sp³-hybridized carbons (Fsp3) is 0.400. The molecule has 122 valence electrons. The molecule has 8 nitrogen and oxygen atoms in total. The van der Waals surface area contributed by atoms with Crippen LogP contribution in [0.25, 0.3) is 5.69 Å². The van der Waals surface area contributed by atoms with Crippen LogP contribution in [0.4, 0.5) is 10.5 Å². The predicted molar refractivity (Wildman–Crippen MR) is 83.7 cm³/mol. The van der Waals surface area contributed by atoms with Crippen molar-refractivity contribution in [1.29, 1.82) is 0 Å². The Morgan fingerprint density at radius 1 is 1.35 bits per heavy atom. The van der Waals surface area contributed by atoms with Gasteiger partial charge in [-0.25, -0.2) is 4.79 Å². The van der Waals surface area contributed by atoms with Gasteiger partial charge in [0, 0.05) is 12.2 Å². The Kier molecular flexibility index (Phi) is 4.84. The average molecular weight is 317 g/mol. The van der Waals surface area contributed by atoms with E-state index < -0.39 is 0 Å². The summed E-state index contributed by atoms with van der Waals surface area (Å²) < 4.78 is 12.6. The molecule has 0 unspecified atom stereocenters. The quantitative estimate of drug-likeness (QED) is 0.881. The SMILES string of the molecule is Cc1ccc(-n2cnnc2)cc1NC(=O)NC[C@H]1COCCO1. The van der Waals surface area contributed by atoms with Crippen LogP contribution >= 0.6 is 0 Å². The van der Waals surface area contributed by atoms with Gasteiger partial charge in [-0.3, -0.25) is 4.57 Å². The molecular formula is C15H19N5O3. The lowest BCUT2D eigenvalue weighted by molar-refractivity contribution is -0.0852. The van der Waals surface area contributed by atoms with Gasteiger partial charge in [-0.05, 0) is 24.6 Å². The van der Waals surface area contributed by atoms with E-state index in [4.69, 9.17) is 9.47 Å². The molecule has 1 atom stereocenters. The fourth-order valence-electron chi connectivity index (χ4n) is 2.27. The number of hydrogen-bond donors (Lipinski definition) is 2. The van der Waals surface area contributed by atoms with Crippen molar-refractivity contribution in [1.82, 2.24) is 20.1 Å². The number of carbonyl (C=O) groups is 1. The third-order valence-electron chi connectivity index (χ3n) is 3.56. The zero-order chi connectivity index (χ0) is 16.1. The first-order chi connectivity index (χ1) is 11.2. The van der Waals surface area contributed by atoms with E-state index in [0.717, 1.165) is 16.9 Å². The van der Waals surface area contributed by atoms with Crippen molar-refractivity contribution in [2.75, 3.05) is 31.7 Å². The second kappa shape index (κ2) is 7.21. The molecule has 0 bridgehead atoms. The van der Waals surface area contributed by atoms with Crippen LogP contribution in [0.3, 0.4) is 0 Å². The first-order valence-corrected chi connectivity index (χ1v) is 7.42. The van der Waals surface area contributed by atoms with Crippen LogP contribution in [-0.2, 0) is 9.47 Å². The Bertz CT molecular complexity index is 653. The Hall–Kier alpha value is -2.45. The Labute approximate surface area is 133 Å². The largest absolute Gasteiger partial charge is 0.376 e. The first-order valence-electron chi connectivity index (χ1n) is 7.42. The maximum atomic E-state index is 12.1. The highest BCUT2D eigenvalue weighted by Gasteiger charge is 2.15. The average Bonchev–Trinajstić information content (AvgIpc) is 3.10. The normalized spacial score (nSPS) is 17.7. The van der Waals surface area contributed by atoms with E-state index in [1.54, 1.807) is 17.2 Å². The van der Waals surface area contributed by atoms with Crippen molar-refractivity contribution in [3.05, 3.63) is 36.4 Å². The molecule has 2 amide bonds. The summed E-state index contributed by atoms with van der Waals surface area (Å²) in [7, 11) is 0. The highest BCUT2D eigenvalue weighted by Crippen LogP contribution is 2.19. The van der Waals surface area contributed by atoms with Gasteiger partial charge in [-0.2, -0.15) is 0 Å². The topological polar surface area (TPSA) is 90.3 Å². The molecule has 1 fully saturated rings. The summed E-state index contributed by atoms with van der Waals surface area (Å²) in [5.41, 5.74) is 2.57. The zero-order valence-electron chi connectivity index (χ0n) is 12.9. The van der Waals surface area contributed by atoms with E-state index in [9.17, 15) is 4.79 Å². The Morgan fingerprint density at radius 2 is 2.17 bits per heavy atom. The number of urea groups is 1. The summed E-state index contributed by atoms with van der Waals surface area (Å²) in [6.45, 7) is 4.02. The minimum atomic E-state index is -0.275. The second-order valence-electron chi connectivity index (χ2n) is 5.27. The molecule has 0 radical (unpaired) electrons. The van der Waals surface area contributed by atoms with Crippen molar-refractivity contribution in [3.8, 4) is 5.69 Å². The minimum Gasteiger partial charge on any atom is -0.376 e. The number of amides is 2. The number of nitrogens with one attached hydrogen (secondary N) is 2. The van der Waals surface area contributed by atoms with Crippen molar-refractivity contribution in [2.24, 2.45) is 0 Å². The molecule has 2 aromatic rings. The third-order valence-corrected chi connectivity index (χ3v) is 3.56. The number of carbonyl (C=O) groups excluding carboxylic acids is 1. The van der Waals surface area contributed by atoms with E-state index in [1.807, 2.05) is 25.1 Å². The van der Waals surface area contributed by atoms with Gasteiger partial charge in [0.25, 0.3) is 0 Å². The number of ether oxygens (including phenoxy) is 2. The highest BCUT2D eigenvalue weighted by molar-refractivity contribution is 5.90. The van der Waals surface area contributed by atoms with Crippen molar-refractivity contribution < 1.29 is 14.3 Å². The molecule has 8 heteroatoms. The van der Waals surface area contributed by atoms with Crippen LogP contribution in [-0.4, -0.2) is 53.3 Å². The van der Waals surface area contributed by atoms with E-state index >= 15 is 0 Å². The van der Waals surface area contributed by atoms with Crippen LogP contribution in [0.2, 0.25) is 0 Å². The number of hydrogen-bond acceptors (Lipinski definition) is 5.